The summed E-state index contributed by atoms with van der Waals surface area (Å²) in [6.45, 7) is 3.50. The average molecular weight is 297 g/mol. The van der Waals surface area contributed by atoms with E-state index in [4.69, 9.17) is 9.84 Å². The minimum absolute atomic E-state index is 0.0460. The molecule has 0 aliphatic carbocycles. The summed E-state index contributed by atoms with van der Waals surface area (Å²) < 4.78 is 43.6. The number of carboxylic acid groups (broad SMARTS) is 1. The fraction of sp³-hybridized carbons (Fsp3) is 0.636. The van der Waals surface area contributed by atoms with Crippen LogP contribution in [0.5, 0.6) is 0 Å². The first-order valence-electron chi connectivity index (χ1n) is 5.58. The number of carboxylic acids is 1. The van der Waals surface area contributed by atoms with Gasteiger partial charge in [0.2, 0.25) is 0 Å². The van der Waals surface area contributed by atoms with Crippen molar-refractivity contribution >= 4 is 17.3 Å². The minimum atomic E-state index is -4.79. The van der Waals surface area contributed by atoms with E-state index < -0.39 is 28.3 Å². The zero-order valence-corrected chi connectivity index (χ0v) is 11.5. The molecule has 0 radical (unpaired) electrons. The van der Waals surface area contributed by atoms with Gasteiger partial charge < -0.3 is 9.84 Å². The number of halogens is 3. The van der Waals surface area contributed by atoms with Crippen molar-refractivity contribution in [2.45, 2.75) is 38.5 Å². The quantitative estimate of drug-likeness (QED) is 0.903. The van der Waals surface area contributed by atoms with E-state index in [2.05, 4.69) is 4.98 Å². The normalized spacial score (nSPS) is 12.7. The minimum Gasteiger partial charge on any atom is -0.477 e. The van der Waals surface area contributed by atoms with Gasteiger partial charge in [-0.15, -0.1) is 11.3 Å². The van der Waals surface area contributed by atoms with Gasteiger partial charge in [-0.25, -0.2) is 9.78 Å². The predicted molar refractivity (Wildman–Crippen MR) is 63.3 cm³/mol. The third-order valence-electron chi connectivity index (χ3n) is 3.01. The van der Waals surface area contributed by atoms with E-state index in [1.165, 1.54) is 7.11 Å². The van der Waals surface area contributed by atoms with Gasteiger partial charge in [0, 0.05) is 7.11 Å². The van der Waals surface area contributed by atoms with Crippen LogP contribution in [-0.2, 0) is 16.5 Å². The number of alkyl halides is 3. The molecule has 1 aromatic heterocycles. The smallest absolute Gasteiger partial charge is 0.435 e. The largest absolute Gasteiger partial charge is 0.477 e. The van der Waals surface area contributed by atoms with E-state index in [1.54, 1.807) is 13.8 Å². The van der Waals surface area contributed by atoms with Gasteiger partial charge in [-0.2, -0.15) is 13.2 Å². The SMILES string of the molecule is CCC(CC)(OC)c1nc(C(F)(F)F)c(C(=O)O)s1. The molecule has 1 aromatic rings. The highest BCUT2D eigenvalue weighted by molar-refractivity contribution is 7.13. The Morgan fingerprint density at radius 3 is 2.16 bits per heavy atom. The molecule has 0 aromatic carbocycles. The maximum Gasteiger partial charge on any atom is 0.435 e. The summed E-state index contributed by atoms with van der Waals surface area (Å²) in [6, 6.07) is 0. The summed E-state index contributed by atoms with van der Waals surface area (Å²) in [5, 5.41) is 8.90. The van der Waals surface area contributed by atoms with Gasteiger partial charge in [-0.3, -0.25) is 0 Å². The van der Waals surface area contributed by atoms with E-state index in [1.807, 2.05) is 0 Å². The van der Waals surface area contributed by atoms with Crippen LogP contribution in [0, 0.1) is 0 Å². The summed E-state index contributed by atoms with van der Waals surface area (Å²) in [4.78, 5) is 13.6. The standard InChI is InChI=1S/C11H14F3NO3S/c1-4-10(5-2,18-3)9-15-7(11(12,13)14)6(19-9)8(16)17/h4-5H2,1-3H3,(H,16,17). The van der Waals surface area contributed by atoms with Crippen LogP contribution in [-0.4, -0.2) is 23.2 Å². The van der Waals surface area contributed by atoms with Crippen LogP contribution in [0.4, 0.5) is 13.2 Å². The lowest BCUT2D eigenvalue weighted by atomic mass is 9.98. The molecule has 8 heteroatoms. The first-order chi connectivity index (χ1) is 8.71. The van der Waals surface area contributed by atoms with Crippen molar-refractivity contribution in [1.29, 1.82) is 0 Å². The monoisotopic (exact) mass is 297 g/mol. The molecule has 1 heterocycles. The first-order valence-corrected chi connectivity index (χ1v) is 6.40. The summed E-state index contributed by atoms with van der Waals surface area (Å²) in [5.74, 6) is -1.63. The number of ether oxygens (including phenoxy) is 1. The summed E-state index contributed by atoms with van der Waals surface area (Å²) in [6.07, 6.45) is -3.98. The van der Waals surface area contributed by atoms with Gasteiger partial charge in [-0.1, -0.05) is 13.8 Å². The molecule has 1 N–H and O–H groups in total. The molecule has 0 spiro atoms. The van der Waals surface area contributed by atoms with E-state index in [9.17, 15) is 18.0 Å². The molecule has 0 unspecified atom stereocenters. The van der Waals surface area contributed by atoms with Crippen molar-refractivity contribution in [3.63, 3.8) is 0 Å². The van der Waals surface area contributed by atoms with Crippen LogP contribution in [0.1, 0.15) is 47.1 Å². The first kappa shape index (κ1) is 15.9. The van der Waals surface area contributed by atoms with Crippen LogP contribution in [0.25, 0.3) is 0 Å². The molecule has 1 rings (SSSR count). The third kappa shape index (κ3) is 2.89. The lowest BCUT2D eigenvalue weighted by Gasteiger charge is -2.27. The molecule has 4 nitrogen and oxygen atoms in total. The molecular weight excluding hydrogens is 283 g/mol. The van der Waals surface area contributed by atoms with Gasteiger partial charge in [0.1, 0.15) is 15.5 Å². The molecule has 0 aliphatic heterocycles. The molecule has 0 fully saturated rings. The Morgan fingerprint density at radius 1 is 1.37 bits per heavy atom. The molecular formula is C11H14F3NO3S. The molecule has 19 heavy (non-hydrogen) atoms. The zero-order valence-electron chi connectivity index (χ0n) is 10.7. The molecule has 0 aliphatic rings. The van der Waals surface area contributed by atoms with Crippen molar-refractivity contribution < 1.29 is 27.8 Å². The molecule has 0 saturated heterocycles. The Hall–Kier alpha value is -1.15. The van der Waals surface area contributed by atoms with Crippen LogP contribution in [0.3, 0.4) is 0 Å². The molecule has 108 valence electrons. The Kier molecular flexibility index (Phi) is 4.57. The van der Waals surface area contributed by atoms with Gasteiger partial charge in [0.25, 0.3) is 0 Å². The number of nitrogens with zero attached hydrogens (tertiary/aromatic N) is 1. The highest BCUT2D eigenvalue weighted by Gasteiger charge is 2.43. The summed E-state index contributed by atoms with van der Waals surface area (Å²) in [5.41, 5.74) is -2.33. The molecule has 0 atom stereocenters. The molecule has 0 amide bonds. The maximum atomic E-state index is 12.8. The lowest BCUT2D eigenvalue weighted by Crippen LogP contribution is -2.26. The number of rotatable bonds is 5. The third-order valence-corrected chi connectivity index (χ3v) is 4.24. The Bertz CT molecular complexity index is 458. The maximum absolute atomic E-state index is 12.8. The van der Waals surface area contributed by atoms with E-state index in [-0.39, 0.29) is 5.01 Å². The number of hydrogen-bond donors (Lipinski definition) is 1. The van der Waals surface area contributed by atoms with Crippen molar-refractivity contribution in [1.82, 2.24) is 4.98 Å². The highest BCUT2D eigenvalue weighted by Crippen LogP contribution is 2.41. The van der Waals surface area contributed by atoms with Crippen molar-refractivity contribution in [2.75, 3.05) is 7.11 Å². The number of aromatic carboxylic acids is 1. The van der Waals surface area contributed by atoms with Crippen LogP contribution < -0.4 is 0 Å². The van der Waals surface area contributed by atoms with E-state index >= 15 is 0 Å². The number of aromatic nitrogens is 1. The second-order valence-electron chi connectivity index (χ2n) is 3.91. The van der Waals surface area contributed by atoms with Crippen molar-refractivity contribution in [3.05, 3.63) is 15.6 Å². The van der Waals surface area contributed by atoms with E-state index in [0.717, 1.165) is 0 Å². The zero-order chi connectivity index (χ0) is 14.8. The number of carbonyl (C=O) groups is 1. The number of methoxy groups -OCH3 is 1. The van der Waals surface area contributed by atoms with Gasteiger partial charge >= 0.3 is 12.1 Å². The highest BCUT2D eigenvalue weighted by atomic mass is 32.1. The number of hydrogen-bond acceptors (Lipinski definition) is 4. The van der Waals surface area contributed by atoms with Gasteiger partial charge in [-0.05, 0) is 12.8 Å². The topological polar surface area (TPSA) is 59.4 Å². The summed E-state index contributed by atoms with van der Waals surface area (Å²) >= 11 is 0.520. The second-order valence-corrected chi connectivity index (χ2v) is 4.90. The van der Waals surface area contributed by atoms with Crippen LogP contribution in [0.2, 0.25) is 0 Å². The summed E-state index contributed by atoms with van der Waals surface area (Å²) in [7, 11) is 1.38. The fourth-order valence-electron chi connectivity index (χ4n) is 1.78. The van der Waals surface area contributed by atoms with Crippen molar-refractivity contribution in [2.24, 2.45) is 0 Å². The fourth-order valence-corrected chi connectivity index (χ4v) is 3.01. The van der Waals surface area contributed by atoms with E-state index in [0.29, 0.717) is 24.2 Å². The van der Waals surface area contributed by atoms with Crippen LogP contribution >= 0.6 is 11.3 Å². The van der Waals surface area contributed by atoms with Gasteiger partial charge in [0.15, 0.2) is 5.69 Å². The lowest BCUT2D eigenvalue weighted by molar-refractivity contribution is -0.141. The van der Waals surface area contributed by atoms with Crippen molar-refractivity contribution in [3.8, 4) is 0 Å². The predicted octanol–water partition coefficient (Wildman–Crippen LogP) is 3.52. The Balaban J connectivity index is 3.44. The molecule has 0 saturated carbocycles. The second kappa shape index (κ2) is 5.46. The Morgan fingerprint density at radius 2 is 1.89 bits per heavy atom. The van der Waals surface area contributed by atoms with Crippen LogP contribution in [0.15, 0.2) is 0 Å². The van der Waals surface area contributed by atoms with Gasteiger partial charge in [0.05, 0.1) is 0 Å². The Labute approximate surface area is 112 Å². The average Bonchev–Trinajstić information content (AvgIpc) is 2.77. The molecule has 0 bridgehead atoms. The number of thiazole rings is 1.